The molecule has 0 aliphatic heterocycles. The molecule has 20 heavy (non-hydrogen) atoms. The van der Waals surface area contributed by atoms with E-state index in [2.05, 4.69) is 27.4 Å². The topological polar surface area (TPSA) is 56.5 Å². The summed E-state index contributed by atoms with van der Waals surface area (Å²) in [4.78, 5) is 4.57. The van der Waals surface area contributed by atoms with Crippen molar-refractivity contribution >= 4 is 44.9 Å². The fourth-order valence-electron chi connectivity index (χ4n) is 1.78. The van der Waals surface area contributed by atoms with Crippen molar-refractivity contribution in [2.75, 3.05) is 0 Å². The highest BCUT2D eigenvalue weighted by atomic mass is 35.5. The van der Waals surface area contributed by atoms with Gasteiger partial charge in [-0.15, -0.1) is 16.4 Å². The summed E-state index contributed by atoms with van der Waals surface area (Å²) < 4.78 is 4.00. The Morgan fingerprint density at radius 1 is 1.40 bits per heavy atom. The number of fused-ring (bicyclic) bond motifs is 1. The van der Waals surface area contributed by atoms with Crippen LogP contribution in [0.4, 0.5) is 0 Å². The number of rotatable bonds is 5. The van der Waals surface area contributed by atoms with E-state index in [1.54, 1.807) is 23.1 Å². The zero-order valence-corrected chi connectivity index (χ0v) is 13.2. The second-order valence-corrected chi connectivity index (χ2v) is 6.89. The number of thiazole rings is 1. The Morgan fingerprint density at radius 2 is 2.30 bits per heavy atom. The van der Waals surface area contributed by atoms with Gasteiger partial charge in [-0.3, -0.25) is 0 Å². The fraction of sp³-hybridized carbons (Fsp3) is 0.333. The number of aromatic nitrogens is 5. The summed E-state index contributed by atoms with van der Waals surface area (Å²) in [5.41, 5.74) is 0.943. The van der Waals surface area contributed by atoms with E-state index < -0.39 is 0 Å². The molecular weight excluding hydrogens is 314 g/mol. The van der Waals surface area contributed by atoms with Crippen molar-refractivity contribution in [1.82, 2.24) is 25.2 Å². The molecule has 0 bridgehead atoms. The van der Waals surface area contributed by atoms with Crippen LogP contribution in [0.5, 0.6) is 0 Å². The van der Waals surface area contributed by atoms with Crippen LogP contribution in [0.3, 0.4) is 0 Å². The number of thioether (sulfide) groups is 1. The van der Waals surface area contributed by atoms with E-state index in [9.17, 15) is 0 Å². The third-order valence-corrected chi connectivity index (χ3v) is 5.11. The predicted molar refractivity (Wildman–Crippen MR) is 82.3 cm³/mol. The van der Waals surface area contributed by atoms with Gasteiger partial charge >= 0.3 is 0 Å². The molecule has 0 fully saturated rings. The number of benzene rings is 1. The molecule has 0 unspecified atom stereocenters. The van der Waals surface area contributed by atoms with E-state index in [1.165, 1.54) is 0 Å². The Balaban J connectivity index is 1.74. The Kier molecular flexibility index (Phi) is 4.18. The standard InChI is InChI=1S/C12H12ClN5S2/c1-2-5-18-11(15-16-17-18)7-19-12-14-9-6-8(13)3-4-10(9)20-12/h3-4,6H,2,5,7H2,1H3. The maximum atomic E-state index is 5.97. The minimum Gasteiger partial charge on any atom is -0.230 e. The average molecular weight is 326 g/mol. The van der Waals surface area contributed by atoms with Gasteiger partial charge in [0.15, 0.2) is 10.2 Å². The zero-order chi connectivity index (χ0) is 13.9. The summed E-state index contributed by atoms with van der Waals surface area (Å²) in [6, 6.07) is 5.78. The number of nitrogens with zero attached hydrogens (tertiary/aromatic N) is 5. The van der Waals surface area contributed by atoms with Crippen LogP contribution in [0.15, 0.2) is 22.5 Å². The quantitative estimate of drug-likeness (QED) is 0.670. The number of hydrogen-bond donors (Lipinski definition) is 0. The lowest BCUT2D eigenvalue weighted by atomic mass is 10.3. The molecule has 0 aliphatic carbocycles. The molecule has 0 atom stereocenters. The van der Waals surface area contributed by atoms with Crippen LogP contribution < -0.4 is 0 Å². The third kappa shape index (κ3) is 2.94. The van der Waals surface area contributed by atoms with E-state index in [0.29, 0.717) is 5.02 Å². The first-order valence-corrected chi connectivity index (χ1v) is 8.38. The average Bonchev–Trinajstić information content (AvgIpc) is 3.02. The van der Waals surface area contributed by atoms with Gasteiger partial charge in [0, 0.05) is 11.6 Å². The van der Waals surface area contributed by atoms with Gasteiger partial charge in [0.25, 0.3) is 0 Å². The Morgan fingerprint density at radius 3 is 3.15 bits per heavy atom. The molecular formula is C12H12ClN5S2. The molecule has 3 aromatic rings. The fourth-order valence-corrected chi connectivity index (χ4v) is 3.93. The molecule has 0 amide bonds. The summed E-state index contributed by atoms with van der Waals surface area (Å²) in [6.45, 7) is 2.95. The second kappa shape index (κ2) is 6.07. The van der Waals surface area contributed by atoms with Crippen LogP contribution >= 0.6 is 34.7 Å². The van der Waals surface area contributed by atoms with Gasteiger partial charge in [-0.05, 0) is 35.0 Å². The molecule has 2 aromatic heterocycles. The van der Waals surface area contributed by atoms with Crippen LogP contribution in [-0.2, 0) is 12.3 Å². The molecule has 0 saturated heterocycles. The number of halogens is 1. The lowest BCUT2D eigenvalue weighted by Gasteiger charge is -2.00. The molecule has 0 saturated carbocycles. The summed E-state index contributed by atoms with van der Waals surface area (Å²) >= 11 is 9.28. The normalized spacial score (nSPS) is 11.3. The van der Waals surface area contributed by atoms with Gasteiger partial charge in [0.1, 0.15) is 0 Å². The van der Waals surface area contributed by atoms with Crippen LogP contribution in [-0.4, -0.2) is 25.2 Å². The molecule has 0 radical (unpaired) electrons. The van der Waals surface area contributed by atoms with Crippen molar-refractivity contribution in [3.63, 3.8) is 0 Å². The maximum absolute atomic E-state index is 5.97. The number of hydrogen-bond acceptors (Lipinski definition) is 6. The van der Waals surface area contributed by atoms with Crippen molar-refractivity contribution in [3.05, 3.63) is 29.0 Å². The Bertz CT molecular complexity index is 724. The minimum atomic E-state index is 0.714. The Hall–Kier alpha value is -1.18. The summed E-state index contributed by atoms with van der Waals surface area (Å²) in [5.74, 6) is 1.61. The molecule has 0 N–H and O–H groups in total. The highest BCUT2D eigenvalue weighted by Gasteiger charge is 2.09. The van der Waals surface area contributed by atoms with Crippen molar-refractivity contribution < 1.29 is 0 Å². The molecule has 1 aromatic carbocycles. The molecule has 5 nitrogen and oxygen atoms in total. The van der Waals surface area contributed by atoms with Crippen LogP contribution in [0.25, 0.3) is 10.2 Å². The van der Waals surface area contributed by atoms with Gasteiger partial charge in [-0.1, -0.05) is 30.3 Å². The molecule has 104 valence electrons. The Labute approximate surface area is 129 Å². The number of tetrazole rings is 1. The smallest absolute Gasteiger partial charge is 0.161 e. The summed E-state index contributed by atoms with van der Waals surface area (Å²) in [6.07, 6.45) is 1.02. The molecule has 8 heteroatoms. The highest BCUT2D eigenvalue weighted by Crippen LogP contribution is 2.32. The lowest BCUT2D eigenvalue weighted by Crippen LogP contribution is -2.04. The van der Waals surface area contributed by atoms with E-state index in [4.69, 9.17) is 11.6 Å². The summed E-state index contributed by atoms with van der Waals surface area (Å²) in [7, 11) is 0. The first kappa shape index (κ1) is 13.8. The number of aryl methyl sites for hydroxylation is 1. The van der Waals surface area contributed by atoms with Crippen LogP contribution in [0, 0.1) is 0 Å². The maximum Gasteiger partial charge on any atom is 0.161 e. The van der Waals surface area contributed by atoms with Gasteiger partial charge in [-0.25, -0.2) is 9.67 Å². The molecule has 0 aliphatic rings. The molecule has 2 heterocycles. The van der Waals surface area contributed by atoms with Crippen LogP contribution in [0.2, 0.25) is 5.02 Å². The van der Waals surface area contributed by atoms with Gasteiger partial charge in [-0.2, -0.15) is 0 Å². The van der Waals surface area contributed by atoms with E-state index in [0.717, 1.165) is 39.1 Å². The van der Waals surface area contributed by atoms with E-state index in [-0.39, 0.29) is 0 Å². The SMILES string of the molecule is CCCn1nnnc1CSc1nc2cc(Cl)ccc2s1. The zero-order valence-electron chi connectivity index (χ0n) is 10.8. The predicted octanol–water partition coefficient (Wildman–Crippen LogP) is 3.64. The van der Waals surface area contributed by atoms with Crippen LogP contribution in [0.1, 0.15) is 19.2 Å². The van der Waals surface area contributed by atoms with Gasteiger partial charge in [0.2, 0.25) is 0 Å². The molecule has 3 rings (SSSR count). The molecule has 0 spiro atoms. The van der Waals surface area contributed by atoms with Crippen molar-refractivity contribution in [1.29, 1.82) is 0 Å². The van der Waals surface area contributed by atoms with Crippen molar-refractivity contribution in [2.45, 2.75) is 30.0 Å². The minimum absolute atomic E-state index is 0.714. The van der Waals surface area contributed by atoms with Gasteiger partial charge < -0.3 is 0 Å². The first-order valence-electron chi connectivity index (χ1n) is 6.20. The second-order valence-electron chi connectivity index (χ2n) is 4.20. The van der Waals surface area contributed by atoms with Crippen molar-refractivity contribution in [2.24, 2.45) is 0 Å². The highest BCUT2D eigenvalue weighted by molar-refractivity contribution is 8.00. The lowest BCUT2D eigenvalue weighted by molar-refractivity contribution is 0.564. The summed E-state index contributed by atoms with van der Waals surface area (Å²) in [5, 5.41) is 12.5. The van der Waals surface area contributed by atoms with Crippen molar-refractivity contribution in [3.8, 4) is 0 Å². The van der Waals surface area contributed by atoms with Gasteiger partial charge in [0.05, 0.1) is 16.0 Å². The third-order valence-electron chi connectivity index (χ3n) is 2.70. The van der Waals surface area contributed by atoms with E-state index >= 15 is 0 Å². The largest absolute Gasteiger partial charge is 0.230 e. The first-order chi connectivity index (χ1) is 9.76. The van der Waals surface area contributed by atoms with E-state index in [1.807, 2.05) is 22.9 Å². The monoisotopic (exact) mass is 325 g/mol.